The zero-order valence-corrected chi connectivity index (χ0v) is 19.6. The average molecular weight is 468 g/mol. The van der Waals surface area contributed by atoms with Crippen LogP contribution >= 0.6 is 0 Å². The van der Waals surface area contributed by atoms with Gasteiger partial charge in [0.1, 0.15) is 18.0 Å². The van der Waals surface area contributed by atoms with Crippen molar-refractivity contribution in [2.75, 3.05) is 32.3 Å². The van der Waals surface area contributed by atoms with Crippen molar-refractivity contribution in [3.05, 3.63) is 36.4 Å². The van der Waals surface area contributed by atoms with Crippen molar-refractivity contribution < 1.29 is 13.9 Å². The van der Waals surface area contributed by atoms with Gasteiger partial charge in [-0.25, -0.2) is 23.9 Å². The summed E-state index contributed by atoms with van der Waals surface area (Å²) in [6.45, 7) is 2.94. The lowest BCUT2D eigenvalue weighted by Crippen LogP contribution is -2.31. The molecular formula is C24H30FN7O2. The monoisotopic (exact) mass is 467 g/mol. The minimum Gasteiger partial charge on any atom is -0.382 e. The number of imidazole rings is 1. The molecule has 180 valence electrons. The van der Waals surface area contributed by atoms with E-state index in [-0.39, 0.29) is 6.54 Å². The summed E-state index contributed by atoms with van der Waals surface area (Å²) in [5, 5.41) is 8.13. The molecule has 0 bridgehead atoms. The van der Waals surface area contributed by atoms with Crippen LogP contribution in [0.1, 0.15) is 31.5 Å². The van der Waals surface area contributed by atoms with Crippen LogP contribution in [0.5, 0.6) is 0 Å². The molecule has 4 aromatic rings. The van der Waals surface area contributed by atoms with E-state index in [2.05, 4.69) is 20.4 Å². The Hall–Kier alpha value is -3.11. The maximum absolute atomic E-state index is 13.0. The van der Waals surface area contributed by atoms with E-state index < -0.39 is 6.67 Å². The van der Waals surface area contributed by atoms with Crippen LogP contribution in [0.4, 0.5) is 10.3 Å². The maximum Gasteiger partial charge on any atom is 0.241 e. The van der Waals surface area contributed by atoms with Crippen molar-refractivity contribution in [1.29, 1.82) is 0 Å². The molecule has 0 amide bonds. The fourth-order valence-electron chi connectivity index (χ4n) is 4.65. The molecular weight excluding hydrogens is 437 g/mol. The summed E-state index contributed by atoms with van der Waals surface area (Å²) >= 11 is 0. The molecule has 1 aliphatic rings. The Morgan fingerprint density at radius 3 is 2.76 bits per heavy atom. The van der Waals surface area contributed by atoms with Crippen molar-refractivity contribution >= 4 is 22.6 Å². The highest BCUT2D eigenvalue weighted by atomic mass is 19.1. The molecule has 9 nitrogen and oxygen atoms in total. The highest BCUT2D eigenvalue weighted by Crippen LogP contribution is 2.27. The van der Waals surface area contributed by atoms with Crippen molar-refractivity contribution in [3.63, 3.8) is 0 Å². The van der Waals surface area contributed by atoms with Gasteiger partial charge in [0.05, 0.1) is 43.3 Å². The van der Waals surface area contributed by atoms with Gasteiger partial charge in [-0.3, -0.25) is 0 Å². The van der Waals surface area contributed by atoms with Crippen LogP contribution in [0.25, 0.3) is 27.9 Å². The predicted molar refractivity (Wildman–Crippen MR) is 128 cm³/mol. The standard InChI is InChI=1S/C24H30FN7O2/c1-16-27-21-8-7-20(29-23(21)31(16)12-10-25)19-9-11-32-22(19)15-26-24(30-32)28-17-3-5-18(6-4-17)34-14-13-33-2/h7-9,11,15,17-18H,3-6,10,12-14H2,1-2H3,(H,28,30)/t17-,18-. The summed E-state index contributed by atoms with van der Waals surface area (Å²) in [7, 11) is 1.69. The van der Waals surface area contributed by atoms with Crippen molar-refractivity contribution in [3.8, 4) is 11.3 Å². The molecule has 1 fully saturated rings. The van der Waals surface area contributed by atoms with E-state index >= 15 is 0 Å². The molecule has 0 atom stereocenters. The van der Waals surface area contributed by atoms with Crippen molar-refractivity contribution in [2.45, 2.75) is 51.3 Å². The van der Waals surface area contributed by atoms with E-state index in [1.54, 1.807) is 7.11 Å². The molecule has 1 aliphatic carbocycles. The number of rotatable bonds is 9. The van der Waals surface area contributed by atoms with Crippen molar-refractivity contribution in [2.24, 2.45) is 0 Å². The molecule has 1 saturated carbocycles. The van der Waals surface area contributed by atoms with Crippen LogP contribution in [0.2, 0.25) is 0 Å². The van der Waals surface area contributed by atoms with Gasteiger partial charge >= 0.3 is 0 Å². The molecule has 0 unspecified atom stereocenters. The van der Waals surface area contributed by atoms with E-state index in [9.17, 15) is 4.39 Å². The van der Waals surface area contributed by atoms with Crippen LogP contribution in [-0.4, -0.2) is 68.3 Å². The summed E-state index contributed by atoms with van der Waals surface area (Å²) in [4.78, 5) is 13.8. The van der Waals surface area contributed by atoms with Gasteiger partial charge in [0.2, 0.25) is 5.95 Å². The third kappa shape index (κ3) is 4.60. The molecule has 4 heterocycles. The number of methoxy groups -OCH3 is 1. The van der Waals surface area contributed by atoms with Gasteiger partial charge in [-0.1, -0.05) is 0 Å². The average Bonchev–Trinajstić information content (AvgIpc) is 3.40. The van der Waals surface area contributed by atoms with E-state index in [0.29, 0.717) is 37.0 Å². The van der Waals surface area contributed by atoms with Crippen LogP contribution in [-0.2, 0) is 16.0 Å². The fraction of sp³-hybridized carbons (Fsp3) is 0.500. The second-order valence-electron chi connectivity index (χ2n) is 8.66. The Balaban J connectivity index is 1.30. The first-order chi connectivity index (χ1) is 16.7. The summed E-state index contributed by atoms with van der Waals surface area (Å²) < 4.78 is 27.6. The molecule has 0 spiro atoms. The van der Waals surface area contributed by atoms with Gasteiger partial charge in [-0.05, 0) is 50.8 Å². The van der Waals surface area contributed by atoms with Gasteiger partial charge in [0.15, 0.2) is 5.65 Å². The summed E-state index contributed by atoms with van der Waals surface area (Å²) in [6.07, 6.45) is 8.11. The number of pyridine rings is 1. The number of fused-ring (bicyclic) bond motifs is 2. The zero-order chi connectivity index (χ0) is 23.5. The fourth-order valence-corrected chi connectivity index (χ4v) is 4.65. The molecule has 0 aromatic carbocycles. The highest BCUT2D eigenvalue weighted by molar-refractivity contribution is 5.82. The van der Waals surface area contributed by atoms with Crippen LogP contribution in [0.15, 0.2) is 30.6 Å². The van der Waals surface area contributed by atoms with Gasteiger partial charge in [0.25, 0.3) is 0 Å². The second kappa shape index (κ2) is 10.0. The first-order valence-corrected chi connectivity index (χ1v) is 11.8. The molecule has 4 aromatic heterocycles. The number of nitrogens with one attached hydrogen (secondary N) is 1. The first-order valence-electron chi connectivity index (χ1n) is 11.8. The normalized spacial score (nSPS) is 18.7. The number of aromatic nitrogens is 6. The molecule has 34 heavy (non-hydrogen) atoms. The van der Waals surface area contributed by atoms with Crippen LogP contribution in [0.3, 0.4) is 0 Å². The Morgan fingerprint density at radius 1 is 1.12 bits per heavy atom. The van der Waals surface area contributed by atoms with Gasteiger partial charge < -0.3 is 19.4 Å². The predicted octanol–water partition coefficient (Wildman–Crippen LogP) is 3.81. The number of ether oxygens (including phenoxy) is 2. The number of nitrogens with zero attached hydrogens (tertiary/aromatic N) is 6. The number of halogens is 1. The Kier molecular flexibility index (Phi) is 6.68. The van der Waals surface area contributed by atoms with Gasteiger partial charge in [-0.2, -0.15) is 0 Å². The second-order valence-corrected chi connectivity index (χ2v) is 8.66. The number of hydrogen-bond acceptors (Lipinski definition) is 7. The van der Waals surface area contributed by atoms with E-state index in [1.807, 2.05) is 46.6 Å². The lowest BCUT2D eigenvalue weighted by Gasteiger charge is -2.29. The van der Waals surface area contributed by atoms with E-state index in [0.717, 1.165) is 53.8 Å². The topological polar surface area (TPSA) is 91.4 Å². The zero-order valence-electron chi connectivity index (χ0n) is 19.6. The van der Waals surface area contributed by atoms with E-state index in [1.165, 1.54) is 0 Å². The highest BCUT2D eigenvalue weighted by Gasteiger charge is 2.22. The minimum atomic E-state index is -0.459. The molecule has 0 saturated heterocycles. The third-order valence-corrected chi connectivity index (χ3v) is 6.43. The van der Waals surface area contributed by atoms with Crippen LogP contribution in [0, 0.1) is 6.92 Å². The Labute approximate surface area is 197 Å². The quantitative estimate of drug-likeness (QED) is 0.374. The van der Waals surface area contributed by atoms with Gasteiger partial charge in [-0.15, -0.1) is 5.10 Å². The molecule has 10 heteroatoms. The smallest absolute Gasteiger partial charge is 0.241 e. The van der Waals surface area contributed by atoms with Crippen LogP contribution < -0.4 is 5.32 Å². The number of anilines is 1. The number of hydrogen-bond donors (Lipinski definition) is 1. The third-order valence-electron chi connectivity index (χ3n) is 6.43. The molecule has 0 aliphatic heterocycles. The Morgan fingerprint density at radius 2 is 1.97 bits per heavy atom. The van der Waals surface area contributed by atoms with Gasteiger partial charge in [0, 0.05) is 24.9 Å². The van der Waals surface area contributed by atoms with Crippen molar-refractivity contribution in [1.82, 2.24) is 29.1 Å². The number of aryl methyl sites for hydroxylation is 2. The lowest BCUT2D eigenvalue weighted by molar-refractivity contribution is -0.00158. The lowest BCUT2D eigenvalue weighted by atomic mass is 9.93. The summed E-state index contributed by atoms with van der Waals surface area (Å²) in [5.74, 6) is 1.37. The molecule has 5 rings (SSSR count). The summed E-state index contributed by atoms with van der Waals surface area (Å²) in [6, 6.07) is 6.17. The Bertz CT molecular complexity index is 1260. The first kappa shape index (κ1) is 22.7. The summed E-state index contributed by atoms with van der Waals surface area (Å²) in [5.41, 5.74) is 4.02. The van der Waals surface area contributed by atoms with E-state index in [4.69, 9.17) is 14.5 Å². The minimum absolute atomic E-state index is 0.245. The maximum atomic E-state index is 13.0. The largest absolute Gasteiger partial charge is 0.382 e. The SMILES string of the molecule is COCCO[C@H]1CC[C@H](Nc2ncc3c(-c4ccc5nc(C)n(CCF)c5n4)ccn3n2)CC1. The molecule has 0 radical (unpaired) electrons. The molecule has 1 N–H and O–H groups in total. The number of alkyl halides is 1.